The molecular weight excluding hydrogens is 288 g/mol. The Labute approximate surface area is 142 Å². The van der Waals surface area contributed by atoms with E-state index < -0.39 is 0 Å². The molecule has 0 aliphatic rings. The molecule has 0 fully saturated rings. The summed E-state index contributed by atoms with van der Waals surface area (Å²) in [5, 5.41) is 0. The third-order valence-corrected chi connectivity index (χ3v) is 3.62. The second kappa shape index (κ2) is 12.1. The number of ether oxygens (including phenoxy) is 2. The second-order valence-electron chi connectivity index (χ2n) is 6.64. The van der Waals surface area contributed by atoms with Crippen LogP contribution in [0.4, 0.5) is 0 Å². The van der Waals surface area contributed by atoms with Gasteiger partial charge >= 0.3 is 5.97 Å². The molecule has 0 saturated carbocycles. The lowest BCUT2D eigenvalue weighted by Gasteiger charge is -2.25. The van der Waals surface area contributed by atoms with E-state index in [4.69, 9.17) is 9.47 Å². The molecule has 1 unspecified atom stereocenters. The molecule has 0 aromatic heterocycles. The number of hydrogen-bond donors (Lipinski definition) is 0. The van der Waals surface area contributed by atoms with E-state index in [2.05, 4.69) is 33.4 Å². The van der Waals surface area contributed by atoms with Gasteiger partial charge in [-0.15, -0.1) is 6.58 Å². The van der Waals surface area contributed by atoms with Crippen LogP contribution < -0.4 is 0 Å². The van der Waals surface area contributed by atoms with Gasteiger partial charge in [-0.3, -0.25) is 0 Å². The van der Waals surface area contributed by atoms with Crippen LogP contribution in [0.25, 0.3) is 0 Å². The van der Waals surface area contributed by atoms with Gasteiger partial charge in [-0.2, -0.15) is 0 Å². The van der Waals surface area contributed by atoms with E-state index in [9.17, 15) is 4.79 Å². The van der Waals surface area contributed by atoms with Crippen molar-refractivity contribution in [1.82, 2.24) is 0 Å². The Bertz CT molecular complexity index is 405. The molecule has 23 heavy (non-hydrogen) atoms. The van der Waals surface area contributed by atoms with Gasteiger partial charge in [-0.05, 0) is 52.0 Å². The zero-order chi connectivity index (χ0) is 17.7. The molecule has 0 N–H and O–H groups in total. The van der Waals surface area contributed by atoms with Crippen LogP contribution in [0.1, 0.15) is 60.3 Å². The molecule has 0 radical (unpaired) electrons. The maximum Gasteiger partial charge on any atom is 0.330 e. The zero-order valence-corrected chi connectivity index (χ0v) is 15.6. The van der Waals surface area contributed by atoms with Crippen molar-refractivity contribution in [2.45, 2.75) is 65.9 Å². The van der Waals surface area contributed by atoms with Crippen molar-refractivity contribution in [3.05, 3.63) is 36.5 Å². The smallest absolute Gasteiger partial charge is 0.330 e. The summed E-state index contributed by atoms with van der Waals surface area (Å²) in [6.45, 7) is 14.9. The van der Waals surface area contributed by atoms with Crippen LogP contribution >= 0.6 is 0 Å². The highest BCUT2D eigenvalue weighted by atomic mass is 16.5. The van der Waals surface area contributed by atoms with Crippen LogP contribution in [0.3, 0.4) is 0 Å². The summed E-state index contributed by atoms with van der Waals surface area (Å²) in [5.41, 5.74) is 0.845. The highest BCUT2D eigenvalue weighted by Crippen LogP contribution is 2.21. The van der Waals surface area contributed by atoms with E-state index in [1.807, 2.05) is 19.9 Å². The maximum atomic E-state index is 11.3. The second-order valence-corrected chi connectivity index (χ2v) is 6.64. The number of rotatable bonds is 12. The van der Waals surface area contributed by atoms with Gasteiger partial charge in [-0.25, -0.2) is 4.79 Å². The van der Waals surface area contributed by atoms with Crippen LogP contribution in [0.5, 0.6) is 0 Å². The number of hydrogen-bond acceptors (Lipinski definition) is 3. The molecule has 0 aromatic carbocycles. The summed E-state index contributed by atoms with van der Waals surface area (Å²) in [7, 11) is 0. The van der Waals surface area contributed by atoms with E-state index >= 15 is 0 Å². The zero-order valence-electron chi connectivity index (χ0n) is 15.6. The van der Waals surface area contributed by atoms with E-state index in [-0.39, 0.29) is 11.6 Å². The van der Waals surface area contributed by atoms with Crippen molar-refractivity contribution < 1.29 is 14.3 Å². The molecule has 0 rings (SSSR count). The Hall–Kier alpha value is -1.35. The molecule has 0 amide bonds. The molecule has 0 bridgehead atoms. The Kier molecular flexibility index (Phi) is 11.4. The maximum absolute atomic E-state index is 11.3. The molecule has 0 aromatic rings. The Morgan fingerprint density at radius 1 is 1.35 bits per heavy atom. The quantitative estimate of drug-likeness (QED) is 0.214. The van der Waals surface area contributed by atoms with Gasteiger partial charge in [0.25, 0.3) is 0 Å². The highest BCUT2D eigenvalue weighted by molar-refractivity contribution is 5.83. The van der Waals surface area contributed by atoms with Crippen molar-refractivity contribution in [1.29, 1.82) is 0 Å². The van der Waals surface area contributed by atoms with E-state index in [0.717, 1.165) is 24.8 Å². The van der Waals surface area contributed by atoms with E-state index in [0.29, 0.717) is 19.1 Å². The summed E-state index contributed by atoms with van der Waals surface area (Å²) in [6.07, 6.45) is 11.8. The van der Waals surface area contributed by atoms with Gasteiger partial charge < -0.3 is 9.47 Å². The fourth-order valence-corrected chi connectivity index (χ4v) is 2.25. The third-order valence-electron chi connectivity index (χ3n) is 3.62. The van der Waals surface area contributed by atoms with Crippen LogP contribution in [-0.2, 0) is 14.3 Å². The first kappa shape index (κ1) is 21.6. The van der Waals surface area contributed by atoms with Gasteiger partial charge in [0, 0.05) is 6.08 Å². The van der Waals surface area contributed by atoms with Crippen molar-refractivity contribution in [2.24, 2.45) is 5.92 Å². The van der Waals surface area contributed by atoms with Crippen LogP contribution in [0, 0.1) is 5.92 Å². The van der Waals surface area contributed by atoms with Crippen molar-refractivity contribution in [3.8, 4) is 0 Å². The van der Waals surface area contributed by atoms with Crippen molar-refractivity contribution in [3.63, 3.8) is 0 Å². The fraction of sp³-hybridized carbons (Fsp3) is 0.650. The first-order valence-electron chi connectivity index (χ1n) is 8.57. The van der Waals surface area contributed by atoms with Gasteiger partial charge in [0.2, 0.25) is 0 Å². The van der Waals surface area contributed by atoms with Crippen molar-refractivity contribution in [2.75, 3.05) is 13.2 Å². The lowest BCUT2D eigenvalue weighted by Crippen LogP contribution is -2.24. The summed E-state index contributed by atoms with van der Waals surface area (Å²) >= 11 is 0. The monoisotopic (exact) mass is 322 g/mol. The molecule has 3 nitrogen and oxygen atoms in total. The summed E-state index contributed by atoms with van der Waals surface area (Å²) < 4.78 is 10.6. The summed E-state index contributed by atoms with van der Waals surface area (Å²) in [6, 6.07) is 0. The topological polar surface area (TPSA) is 35.5 Å². The van der Waals surface area contributed by atoms with Crippen LogP contribution in [-0.4, -0.2) is 24.8 Å². The molecule has 0 saturated heterocycles. The van der Waals surface area contributed by atoms with Crippen LogP contribution in [0.15, 0.2) is 36.5 Å². The van der Waals surface area contributed by atoms with Gasteiger partial charge in [0.1, 0.15) is 0 Å². The molecule has 0 heterocycles. The first-order chi connectivity index (χ1) is 10.8. The molecule has 0 aliphatic heterocycles. The molecule has 1 atom stereocenters. The predicted molar refractivity (Wildman–Crippen MR) is 97.4 cm³/mol. The summed E-state index contributed by atoms with van der Waals surface area (Å²) in [4.78, 5) is 11.3. The van der Waals surface area contributed by atoms with Crippen LogP contribution in [0.2, 0.25) is 0 Å². The van der Waals surface area contributed by atoms with Gasteiger partial charge in [0.15, 0.2) is 0 Å². The van der Waals surface area contributed by atoms with Gasteiger partial charge in [0.05, 0.1) is 18.8 Å². The van der Waals surface area contributed by atoms with E-state index in [1.165, 1.54) is 12.5 Å². The Morgan fingerprint density at radius 3 is 2.65 bits per heavy atom. The van der Waals surface area contributed by atoms with Gasteiger partial charge in [-0.1, -0.05) is 38.0 Å². The average Bonchev–Trinajstić information content (AvgIpc) is 2.45. The minimum Gasteiger partial charge on any atom is -0.463 e. The Balaban J connectivity index is 4.02. The standard InChI is InChI=1S/C20H34O3/c1-7-15-23-20(5,6)14-10-13-17(3)11-9-12-18(4)16-19(21)22-8-2/h7,9,12,16-17H,1,8,10-11,13-15H2,2-6H3. The average molecular weight is 322 g/mol. The number of esters is 1. The van der Waals surface area contributed by atoms with Crippen molar-refractivity contribution >= 4 is 5.97 Å². The number of carbonyl (C=O) groups excluding carboxylic acids is 1. The largest absolute Gasteiger partial charge is 0.463 e. The normalized spacial score (nSPS) is 14.0. The SMILES string of the molecule is C=CCOC(C)(C)CCCC(C)CC=CC(C)=CC(=O)OCC. The minimum absolute atomic E-state index is 0.0806. The molecule has 132 valence electrons. The minimum atomic E-state index is -0.274. The van der Waals surface area contributed by atoms with E-state index in [1.54, 1.807) is 6.08 Å². The molecule has 3 heteroatoms. The lowest BCUT2D eigenvalue weighted by molar-refractivity contribution is -0.137. The first-order valence-corrected chi connectivity index (χ1v) is 8.57. The fourth-order valence-electron chi connectivity index (χ4n) is 2.25. The number of carbonyl (C=O) groups is 1. The number of allylic oxidation sites excluding steroid dienone is 3. The lowest BCUT2D eigenvalue weighted by atomic mass is 9.94. The summed E-state index contributed by atoms with van der Waals surface area (Å²) in [5.74, 6) is 0.348. The molecule has 0 spiro atoms. The predicted octanol–water partition coefficient (Wildman–Crippen LogP) is 5.23. The highest BCUT2D eigenvalue weighted by Gasteiger charge is 2.17. The third kappa shape index (κ3) is 12.8. The molecule has 0 aliphatic carbocycles. The Morgan fingerprint density at radius 2 is 2.04 bits per heavy atom. The molecular formula is C20H34O3.